The van der Waals surface area contributed by atoms with Crippen molar-refractivity contribution in [3.63, 3.8) is 0 Å². The molecule has 0 heterocycles. The minimum absolute atomic E-state index is 0.108. The molecule has 0 bridgehead atoms. The summed E-state index contributed by atoms with van der Waals surface area (Å²) in [7, 11) is 0. The lowest BCUT2D eigenvalue weighted by Crippen LogP contribution is -2.51. The second-order valence-corrected chi connectivity index (χ2v) is 5.81. The van der Waals surface area contributed by atoms with Crippen molar-refractivity contribution in [1.29, 1.82) is 0 Å². The van der Waals surface area contributed by atoms with E-state index in [1.165, 1.54) is 0 Å². The number of nitrogens with zero attached hydrogens (tertiary/aromatic N) is 1. The van der Waals surface area contributed by atoms with Crippen LogP contribution in [-0.4, -0.2) is 46.6 Å². The third-order valence-electron chi connectivity index (χ3n) is 2.91. The molecule has 18 heavy (non-hydrogen) atoms. The van der Waals surface area contributed by atoms with E-state index in [1.807, 2.05) is 32.6 Å². The summed E-state index contributed by atoms with van der Waals surface area (Å²) in [6.07, 6.45) is 0. The Morgan fingerprint density at radius 1 is 1.28 bits per heavy atom. The molecule has 0 rings (SSSR count). The molecule has 0 aromatic rings. The van der Waals surface area contributed by atoms with Crippen molar-refractivity contribution in [2.75, 3.05) is 13.1 Å². The smallest absolute Gasteiger partial charge is 0.326 e. The highest BCUT2D eigenvalue weighted by atomic mass is 16.4. The van der Waals surface area contributed by atoms with Gasteiger partial charge in [-0.15, -0.1) is 0 Å². The fourth-order valence-corrected chi connectivity index (χ4v) is 1.73. The second-order valence-electron chi connectivity index (χ2n) is 5.81. The second kappa shape index (κ2) is 6.73. The molecule has 0 fully saturated rings. The molecule has 0 saturated heterocycles. The van der Waals surface area contributed by atoms with Gasteiger partial charge >= 0.3 is 5.97 Å². The highest BCUT2D eigenvalue weighted by Gasteiger charge is 2.26. The number of likely N-dealkylation sites (N-methyl/N-ethyl adjacent to an activating group) is 1. The molecule has 1 amide bonds. The molecular formula is C13H26N2O3. The van der Waals surface area contributed by atoms with Crippen LogP contribution in [0.15, 0.2) is 0 Å². The minimum Gasteiger partial charge on any atom is -0.480 e. The summed E-state index contributed by atoms with van der Waals surface area (Å²) in [5, 5.41) is 11.6. The van der Waals surface area contributed by atoms with E-state index in [9.17, 15) is 9.59 Å². The number of amides is 1. The van der Waals surface area contributed by atoms with Crippen LogP contribution in [-0.2, 0) is 9.59 Å². The first-order valence-corrected chi connectivity index (χ1v) is 6.36. The van der Waals surface area contributed by atoms with Gasteiger partial charge in [-0.25, -0.2) is 4.79 Å². The fraction of sp³-hybridized carbons (Fsp3) is 0.846. The zero-order valence-corrected chi connectivity index (χ0v) is 12.3. The first-order valence-electron chi connectivity index (χ1n) is 6.36. The molecule has 0 aromatic heterocycles. The molecule has 2 N–H and O–H groups in total. The highest BCUT2D eigenvalue weighted by molar-refractivity contribution is 5.84. The monoisotopic (exact) mass is 258 g/mol. The van der Waals surface area contributed by atoms with Crippen molar-refractivity contribution in [3.8, 4) is 0 Å². The lowest BCUT2D eigenvalue weighted by molar-refractivity contribution is -0.143. The Labute approximate surface area is 110 Å². The number of aliphatic carboxylic acids is 1. The lowest BCUT2D eigenvalue weighted by atomic mass is 10.0. The van der Waals surface area contributed by atoms with Crippen LogP contribution in [0.5, 0.6) is 0 Å². The van der Waals surface area contributed by atoms with E-state index in [4.69, 9.17) is 5.11 Å². The predicted molar refractivity (Wildman–Crippen MR) is 71.4 cm³/mol. The Morgan fingerprint density at radius 3 is 2.06 bits per heavy atom. The van der Waals surface area contributed by atoms with Gasteiger partial charge in [0.2, 0.25) is 5.91 Å². The van der Waals surface area contributed by atoms with Gasteiger partial charge in [-0.2, -0.15) is 0 Å². The first-order chi connectivity index (χ1) is 8.09. The summed E-state index contributed by atoms with van der Waals surface area (Å²) in [6.45, 7) is 12.6. The van der Waals surface area contributed by atoms with Crippen LogP contribution in [0.1, 0.15) is 41.5 Å². The van der Waals surface area contributed by atoms with E-state index >= 15 is 0 Å². The van der Waals surface area contributed by atoms with Crippen molar-refractivity contribution in [2.45, 2.75) is 53.1 Å². The third-order valence-corrected chi connectivity index (χ3v) is 2.91. The minimum atomic E-state index is -0.989. The van der Waals surface area contributed by atoms with Crippen LogP contribution in [0, 0.1) is 5.92 Å². The molecule has 0 aliphatic rings. The zero-order chi connectivity index (χ0) is 14.5. The van der Waals surface area contributed by atoms with Crippen molar-refractivity contribution in [3.05, 3.63) is 0 Å². The number of nitrogens with one attached hydrogen (secondary N) is 1. The summed E-state index contributed by atoms with van der Waals surface area (Å²) >= 11 is 0. The summed E-state index contributed by atoms with van der Waals surface area (Å²) in [4.78, 5) is 24.9. The summed E-state index contributed by atoms with van der Waals surface area (Å²) in [6, 6.07) is -0.823. The van der Waals surface area contributed by atoms with Crippen LogP contribution in [0.4, 0.5) is 0 Å². The SMILES string of the molecule is CCN(CC(=O)NC(C(=O)O)C(C)C)C(C)(C)C. The molecule has 5 nitrogen and oxygen atoms in total. The van der Waals surface area contributed by atoms with E-state index in [1.54, 1.807) is 13.8 Å². The van der Waals surface area contributed by atoms with Crippen LogP contribution < -0.4 is 5.32 Å². The van der Waals surface area contributed by atoms with Crippen molar-refractivity contribution < 1.29 is 14.7 Å². The Balaban J connectivity index is 4.54. The number of carbonyl (C=O) groups is 2. The first kappa shape index (κ1) is 16.9. The Bertz CT molecular complexity index is 295. The number of hydrogen-bond donors (Lipinski definition) is 2. The fourth-order valence-electron chi connectivity index (χ4n) is 1.73. The molecule has 0 saturated carbocycles. The Hall–Kier alpha value is -1.10. The number of carboxylic acids is 1. The average molecular weight is 258 g/mol. The molecular weight excluding hydrogens is 232 g/mol. The molecule has 0 aliphatic carbocycles. The highest BCUT2D eigenvalue weighted by Crippen LogP contribution is 2.12. The van der Waals surface area contributed by atoms with E-state index in [-0.39, 0.29) is 23.9 Å². The summed E-state index contributed by atoms with van der Waals surface area (Å²) < 4.78 is 0. The topological polar surface area (TPSA) is 69.6 Å². The van der Waals surface area contributed by atoms with Gasteiger partial charge in [0.1, 0.15) is 6.04 Å². The number of carbonyl (C=O) groups excluding carboxylic acids is 1. The van der Waals surface area contributed by atoms with Gasteiger partial charge < -0.3 is 10.4 Å². The van der Waals surface area contributed by atoms with Gasteiger partial charge in [0.25, 0.3) is 0 Å². The number of hydrogen-bond acceptors (Lipinski definition) is 3. The maximum absolute atomic E-state index is 11.9. The van der Waals surface area contributed by atoms with E-state index in [0.29, 0.717) is 0 Å². The normalized spacial score (nSPS) is 13.8. The molecule has 5 heteroatoms. The van der Waals surface area contributed by atoms with Gasteiger partial charge in [-0.05, 0) is 33.2 Å². The molecule has 1 atom stereocenters. The van der Waals surface area contributed by atoms with E-state index < -0.39 is 12.0 Å². The maximum Gasteiger partial charge on any atom is 0.326 e. The maximum atomic E-state index is 11.9. The van der Waals surface area contributed by atoms with Crippen LogP contribution in [0.3, 0.4) is 0 Å². The van der Waals surface area contributed by atoms with Crippen LogP contribution in [0.25, 0.3) is 0 Å². The number of rotatable bonds is 6. The van der Waals surface area contributed by atoms with Crippen LogP contribution >= 0.6 is 0 Å². The molecule has 0 spiro atoms. The Morgan fingerprint density at radius 2 is 1.78 bits per heavy atom. The van der Waals surface area contributed by atoms with Crippen molar-refractivity contribution >= 4 is 11.9 Å². The Kier molecular flexibility index (Phi) is 6.32. The summed E-state index contributed by atoms with van der Waals surface area (Å²) in [5.74, 6) is -1.36. The third kappa shape index (κ3) is 5.49. The molecule has 0 aromatic carbocycles. The average Bonchev–Trinajstić information content (AvgIpc) is 2.19. The quantitative estimate of drug-likeness (QED) is 0.754. The molecule has 0 radical (unpaired) electrons. The zero-order valence-electron chi connectivity index (χ0n) is 12.3. The standard InChI is InChI=1S/C13H26N2O3/c1-7-15(13(4,5)6)8-10(16)14-11(9(2)3)12(17)18/h9,11H,7-8H2,1-6H3,(H,14,16)(H,17,18). The van der Waals surface area contributed by atoms with Crippen molar-refractivity contribution in [2.24, 2.45) is 5.92 Å². The van der Waals surface area contributed by atoms with Crippen LogP contribution in [0.2, 0.25) is 0 Å². The van der Waals surface area contributed by atoms with Gasteiger partial charge in [-0.1, -0.05) is 20.8 Å². The molecule has 0 aliphatic heterocycles. The molecule has 106 valence electrons. The van der Waals surface area contributed by atoms with Gasteiger partial charge in [-0.3, -0.25) is 9.69 Å². The van der Waals surface area contributed by atoms with Gasteiger partial charge in [0.05, 0.1) is 6.54 Å². The molecule has 1 unspecified atom stereocenters. The largest absolute Gasteiger partial charge is 0.480 e. The predicted octanol–water partition coefficient (Wildman–Crippen LogP) is 1.33. The van der Waals surface area contributed by atoms with Gasteiger partial charge in [0, 0.05) is 5.54 Å². The van der Waals surface area contributed by atoms with Crippen molar-refractivity contribution in [1.82, 2.24) is 10.2 Å². The lowest BCUT2D eigenvalue weighted by Gasteiger charge is -2.34. The van der Waals surface area contributed by atoms with Gasteiger partial charge in [0.15, 0.2) is 0 Å². The van der Waals surface area contributed by atoms with E-state index in [2.05, 4.69) is 5.32 Å². The number of carboxylic acid groups (broad SMARTS) is 1. The summed E-state index contributed by atoms with van der Waals surface area (Å²) in [5.41, 5.74) is -0.108. The van der Waals surface area contributed by atoms with E-state index in [0.717, 1.165) is 6.54 Å².